The van der Waals surface area contributed by atoms with Crippen molar-refractivity contribution in [2.75, 3.05) is 32.7 Å². The van der Waals surface area contributed by atoms with E-state index in [1.165, 1.54) is 0 Å². The van der Waals surface area contributed by atoms with Gasteiger partial charge in [0.05, 0.1) is 0 Å². The molecule has 0 aromatic carbocycles. The van der Waals surface area contributed by atoms with E-state index in [1.54, 1.807) is 0 Å². The summed E-state index contributed by atoms with van der Waals surface area (Å²) in [7, 11) is 0. The predicted octanol–water partition coefficient (Wildman–Crippen LogP) is 1.69. The summed E-state index contributed by atoms with van der Waals surface area (Å²) in [4.78, 5) is 14.1. The van der Waals surface area contributed by atoms with E-state index in [1.807, 2.05) is 18.7 Å². The van der Waals surface area contributed by atoms with Crippen molar-refractivity contribution in [3.63, 3.8) is 0 Å². The van der Waals surface area contributed by atoms with Crippen LogP contribution >= 0.6 is 0 Å². The van der Waals surface area contributed by atoms with Crippen LogP contribution in [0.1, 0.15) is 13.8 Å². The van der Waals surface area contributed by atoms with Crippen LogP contribution < -0.4 is 0 Å². The third-order valence-electron chi connectivity index (χ3n) is 2.84. The maximum Gasteiger partial charge on any atom is 0.383 e. The number of alkyl halides is 4. The molecule has 0 aliphatic carbocycles. The molecule has 3 nitrogen and oxygen atoms in total. The number of halogens is 4. The monoisotopic (exact) mass is 270 g/mol. The van der Waals surface area contributed by atoms with Gasteiger partial charge in [-0.1, -0.05) is 13.8 Å². The highest BCUT2D eigenvalue weighted by molar-refractivity contribution is 5.84. The maximum atomic E-state index is 12.9. The lowest BCUT2D eigenvalue weighted by atomic mass is 10.2. The van der Waals surface area contributed by atoms with Crippen LogP contribution in [0.15, 0.2) is 0 Å². The maximum absolute atomic E-state index is 12.9. The fourth-order valence-corrected chi connectivity index (χ4v) is 1.95. The first-order chi connectivity index (χ1) is 8.25. The van der Waals surface area contributed by atoms with Crippen molar-refractivity contribution in [1.82, 2.24) is 9.80 Å². The molecule has 0 atom stereocenters. The first kappa shape index (κ1) is 15.2. The second kappa shape index (κ2) is 5.86. The Morgan fingerprint density at radius 3 is 2.06 bits per heavy atom. The molecule has 0 bridgehead atoms. The van der Waals surface area contributed by atoms with Gasteiger partial charge in [-0.25, -0.2) is 8.78 Å². The molecule has 18 heavy (non-hydrogen) atoms. The van der Waals surface area contributed by atoms with Crippen LogP contribution in [0.4, 0.5) is 17.6 Å². The Kier molecular flexibility index (Phi) is 4.95. The minimum absolute atomic E-state index is 0.0772. The van der Waals surface area contributed by atoms with Crippen LogP contribution in [0.5, 0.6) is 0 Å². The van der Waals surface area contributed by atoms with Crippen LogP contribution in [-0.2, 0) is 4.79 Å². The summed E-state index contributed by atoms with van der Waals surface area (Å²) < 4.78 is 49.9. The van der Waals surface area contributed by atoms with Gasteiger partial charge in [-0.2, -0.15) is 8.78 Å². The molecule has 0 aromatic heterocycles. The van der Waals surface area contributed by atoms with E-state index in [0.717, 1.165) is 11.4 Å². The summed E-state index contributed by atoms with van der Waals surface area (Å²) in [6.45, 7) is 5.92. The third-order valence-corrected chi connectivity index (χ3v) is 2.84. The summed E-state index contributed by atoms with van der Waals surface area (Å²) in [6.07, 6.45) is -3.95. The molecule has 0 N–H and O–H groups in total. The Morgan fingerprint density at radius 2 is 1.67 bits per heavy atom. The van der Waals surface area contributed by atoms with Crippen LogP contribution in [-0.4, -0.2) is 60.8 Å². The lowest BCUT2D eigenvalue weighted by Gasteiger charge is -2.36. The van der Waals surface area contributed by atoms with Gasteiger partial charge in [-0.05, 0) is 5.92 Å². The van der Waals surface area contributed by atoms with Gasteiger partial charge >= 0.3 is 12.3 Å². The predicted molar refractivity (Wildman–Crippen MR) is 58.8 cm³/mol. The van der Waals surface area contributed by atoms with E-state index in [4.69, 9.17) is 0 Å². The quantitative estimate of drug-likeness (QED) is 0.726. The van der Waals surface area contributed by atoms with Crippen molar-refractivity contribution in [3.05, 3.63) is 0 Å². The topological polar surface area (TPSA) is 23.6 Å². The van der Waals surface area contributed by atoms with Gasteiger partial charge in [0.25, 0.3) is 5.91 Å². The number of rotatable bonds is 4. The second-order valence-corrected chi connectivity index (χ2v) is 4.91. The van der Waals surface area contributed by atoms with Gasteiger partial charge in [-0.15, -0.1) is 0 Å². The molecule has 0 aromatic rings. The highest BCUT2D eigenvalue weighted by atomic mass is 19.3. The van der Waals surface area contributed by atoms with Crippen molar-refractivity contribution in [3.8, 4) is 0 Å². The molecule has 1 rings (SSSR count). The largest absolute Gasteiger partial charge is 0.383 e. The Hall–Kier alpha value is -0.850. The van der Waals surface area contributed by atoms with Crippen molar-refractivity contribution in [1.29, 1.82) is 0 Å². The fourth-order valence-electron chi connectivity index (χ4n) is 1.95. The summed E-state index contributed by atoms with van der Waals surface area (Å²) >= 11 is 0. The molecular weight excluding hydrogens is 252 g/mol. The zero-order valence-corrected chi connectivity index (χ0v) is 10.5. The van der Waals surface area contributed by atoms with Crippen molar-refractivity contribution < 1.29 is 22.4 Å². The lowest BCUT2D eigenvalue weighted by Crippen LogP contribution is -2.55. The van der Waals surface area contributed by atoms with Gasteiger partial charge < -0.3 is 4.90 Å². The molecule has 1 heterocycles. The van der Waals surface area contributed by atoms with E-state index in [2.05, 4.69) is 0 Å². The highest BCUT2D eigenvalue weighted by Crippen LogP contribution is 2.25. The van der Waals surface area contributed by atoms with E-state index in [9.17, 15) is 22.4 Å². The number of carbonyl (C=O) groups is 1. The number of hydrogen-bond acceptors (Lipinski definition) is 2. The molecule has 1 saturated heterocycles. The second-order valence-electron chi connectivity index (χ2n) is 4.91. The average Bonchev–Trinajstić information content (AvgIpc) is 2.28. The molecule has 1 aliphatic rings. The molecule has 1 fully saturated rings. The van der Waals surface area contributed by atoms with E-state index >= 15 is 0 Å². The van der Waals surface area contributed by atoms with Gasteiger partial charge in [0, 0.05) is 32.7 Å². The summed E-state index contributed by atoms with van der Waals surface area (Å²) in [6, 6.07) is 0. The normalized spacial score (nSPS) is 18.8. The molecule has 0 radical (unpaired) electrons. The van der Waals surface area contributed by atoms with E-state index < -0.39 is 18.3 Å². The smallest absolute Gasteiger partial charge is 0.335 e. The summed E-state index contributed by atoms with van der Waals surface area (Å²) in [5.41, 5.74) is 0. The van der Waals surface area contributed by atoms with E-state index in [0.29, 0.717) is 19.0 Å². The Bertz CT molecular complexity index is 289. The average molecular weight is 270 g/mol. The van der Waals surface area contributed by atoms with Crippen LogP contribution in [0.2, 0.25) is 0 Å². The van der Waals surface area contributed by atoms with Gasteiger partial charge in [0.15, 0.2) is 0 Å². The molecule has 0 unspecified atom stereocenters. The Labute approximate surface area is 104 Å². The molecule has 0 saturated carbocycles. The van der Waals surface area contributed by atoms with Gasteiger partial charge in [-0.3, -0.25) is 9.69 Å². The lowest BCUT2D eigenvalue weighted by molar-refractivity contribution is -0.182. The summed E-state index contributed by atoms with van der Waals surface area (Å²) in [5, 5.41) is 0. The van der Waals surface area contributed by atoms with Gasteiger partial charge in [0.2, 0.25) is 0 Å². The molecular formula is C11H18F4N2O. The Morgan fingerprint density at radius 1 is 1.17 bits per heavy atom. The SMILES string of the molecule is CC(C)CN1CCN(C(=O)C(F)(F)C(F)F)CC1. The molecule has 1 aliphatic heterocycles. The van der Waals surface area contributed by atoms with Crippen molar-refractivity contribution in [2.45, 2.75) is 26.2 Å². The number of carbonyl (C=O) groups excluding carboxylic acids is 1. The minimum Gasteiger partial charge on any atom is -0.335 e. The fraction of sp³-hybridized carbons (Fsp3) is 0.909. The molecule has 0 spiro atoms. The third kappa shape index (κ3) is 3.57. The standard InChI is InChI=1S/C11H18F4N2O/c1-8(2)7-16-3-5-17(6-4-16)10(18)11(14,15)9(12)13/h8-9H,3-7H2,1-2H3. The van der Waals surface area contributed by atoms with Crippen LogP contribution in [0.3, 0.4) is 0 Å². The van der Waals surface area contributed by atoms with Crippen molar-refractivity contribution >= 4 is 5.91 Å². The van der Waals surface area contributed by atoms with Gasteiger partial charge in [0.1, 0.15) is 0 Å². The number of piperazine rings is 1. The number of amides is 1. The molecule has 106 valence electrons. The first-order valence-corrected chi connectivity index (χ1v) is 5.92. The highest BCUT2D eigenvalue weighted by Gasteiger charge is 2.51. The zero-order chi connectivity index (χ0) is 13.9. The van der Waals surface area contributed by atoms with Crippen LogP contribution in [0, 0.1) is 5.92 Å². The minimum atomic E-state index is -4.57. The Balaban J connectivity index is 2.50. The molecule has 1 amide bonds. The summed E-state index contributed by atoms with van der Waals surface area (Å²) in [5.74, 6) is -5.89. The van der Waals surface area contributed by atoms with E-state index in [-0.39, 0.29) is 13.1 Å². The molecule has 7 heteroatoms. The number of hydrogen-bond donors (Lipinski definition) is 0. The van der Waals surface area contributed by atoms with Crippen LogP contribution in [0.25, 0.3) is 0 Å². The zero-order valence-electron chi connectivity index (χ0n) is 10.5. The number of nitrogens with zero attached hydrogens (tertiary/aromatic N) is 2. The first-order valence-electron chi connectivity index (χ1n) is 5.92. The van der Waals surface area contributed by atoms with Crippen molar-refractivity contribution in [2.24, 2.45) is 5.92 Å².